The van der Waals surface area contributed by atoms with E-state index in [0.29, 0.717) is 22.9 Å². The monoisotopic (exact) mass is 441 g/mol. The smallest absolute Gasteiger partial charge is 0.281 e. The number of fused-ring (bicyclic) bond motifs is 1. The van der Waals surface area contributed by atoms with E-state index in [1.165, 1.54) is 11.9 Å². The van der Waals surface area contributed by atoms with Crippen LogP contribution in [-0.4, -0.2) is 41.7 Å². The van der Waals surface area contributed by atoms with Gasteiger partial charge in [0.2, 0.25) is 0 Å². The summed E-state index contributed by atoms with van der Waals surface area (Å²) in [5.41, 5.74) is 11.6. The van der Waals surface area contributed by atoms with Gasteiger partial charge in [-0.2, -0.15) is 0 Å². The number of pyridine rings is 2. The van der Waals surface area contributed by atoms with Gasteiger partial charge in [0, 0.05) is 42.4 Å². The van der Waals surface area contributed by atoms with Crippen molar-refractivity contribution < 1.29 is 9.53 Å². The average molecular weight is 442 g/mol. The number of benzene rings is 1. The lowest BCUT2D eigenvalue weighted by molar-refractivity contribution is 0.0532. The Labute approximate surface area is 192 Å². The minimum atomic E-state index is -0.319. The molecule has 1 saturated heterocycles. The molecule has 0 saturated carbocycles. The molecule has 1 fully saturated rings. The second kappa shape index (κ2) is 8.55. The maximum atomic E-state index is 12.6. The fourth-order valence-corrected chi connectivity index (χ4v) is 4.23. The van der Waals surface area contributed by atoms with Crippen molar-refractivity contribution >= 4 is 35.0 Å². The number of carbonyl (C=O) groups excluding carboxylic acids is 1. The van der Waals surface area contributed by atoms with E-state index in [0.717, 1.165) is 42.1 Å². The molecule has 1 amide bonds. The Kier molecular flexibility index (Phi) is 5.43. The first-order chi connectivity index (χ1) is 16.0. The maximum Gasteiger partial charge on any atom is 0.281 e. The van der Waals surface area contributed by atoms with Crippen molar-refractivity contribution in [2.45, 2.75) is 20.0 Å². The molecule has 2 aliphatic heterocycles. The Morgan fingerprint density at radius 1 is 1.21 bits per heavy atom. The SMILES string of the molecule is Cc1cc(Nc2nc(-c3ccc(N)nc3)cc3c2C(=O)[N]C=C3)ccc1N1CCO[C@H](C)C1. The van der Waals surface area contributed by atoms with Crippen LogP contribution >= 0.6 is 0 Å². The molecule has 3 aromatic rings. The van der Waals surface area contributed by atoms with Gasteiger partial charge in [0.1, 0.15) is 11.6 Å². The summed E-state index contributed by atoms with van der Waals surface area (Å²) in [6.45, 7) is 6.63. The summed E-state index contributed by atoms with van der Waals surface area (Å²) in [6.07, 6.45) is 5.21. The molecule has 8 heteroatoms. The van der Waals surface area contributed by atoms with Crippen LogP contribution in [0.1, 0.15) is 28.4 Å². The third-order valence-electron chi connectivity index (χ3n) is 5.83. The molecule has 4 heterocycles. The van der Waals surface area contributed by atoms with Crippen LogP contribution < -0.4 is 21.3 Å². The second-order valence-corrected chi connectivity index (χ2v) is 8.30. The van der Waals surface area contributed by atoms with E-state index >= 15 is 0 Å². The van der Waals surface area contributed by atoms with E-state index in [1.807, 2.05) is 24.3 Å². The molecular formula is C25H25N6O2. The zero-order valence-corrected chi connectivity index (χ0v) is 18.6. The van der Waals surface area contributed by atoms with Crippen LogP contribution in [0.3, 0.4) is 0 Å². The minimum Gasteiger partial charge on any atom is -0.384 e. The van der Waals surface area contributed by atoms with Crippen LogP contribution in [0, 0.1) is 6.92 Å². The fraction of sp³-hybridized carbons (Fsp3) is 0.240. The predicted molar refractivity (Wildman–Crippen MR) is 129 cm³/mol. The Balaban J connectivity index is 1.50. The zero-order chi connectivity index (χ0) is 22.9. The summed E-state index contributed by atoms with van der Waals surface area (Å²) < 4.78 is 5.67. The molecule has 8 nitrogen and oxygen atoms in total. The highest BCUT2D eigenvalue weighted by Crippen LogP contribution is 2.32. The lowest BCUT2D eigenvalue weighted by Crippen LogP contribution is -2.41. The number of nitrogen functional groups attached to an aromatic ring is 1. The topological polar surface area (TPSA) is 107 Å². The highest BCUT2D eigenvalue weighted by Gasteiger charge is 2.23. The minimum absolute atomic E-state index is 0.208. The number of carbonyl (C=O) groups is 1. The van der Waals surface area contributed by atoms with Gasteiger partial charge in [-0.25, -0.2) is 15.3 Å². The molecule has 33 heavy (non-hydrogen) atoms. The van der Waals surface area contributed by atoms with E-state index in [-0.39, 0.29) is 12.0 Å². The summed E-state index contributed by atoms with van der Waals surface area (Å²) >= 11 is 0. The number of aromatic nitrogens is 2. The molecule has 3 N–H and O–H groups in total. The van der Waals surface area contributed by atoms with Crippen molar-refractivity contribution in [3.05, 3.63) is 65.5 Å². The summed E-state index contributed by atoms with van der Waals surface area (Å²) in [5.74, 6) is 0.582. The van der Waals surface area contributed by atoms with Crippen LogP contribution in [0.25, 0.3) is 17.3 Å². The highest BCUT2D eigenvalue weighted by molar-refractivity contribution is 6.05. The fourth-order valence-electron chi connectivity index (χ4n) is 4.23. The molecule has 167 valence electrons. The number of anilines is 4. The Morgan fingerprint density at radius 3 is 2.85 bits per heavy atom. The molecule has 0 unspecified atom stereocenters. The molecule has 0 spiro atoms. The van der Waals surface area contributed by atoms with E-state index in [2.05, 4.69) is 46.5 Å². The van der Waals surface area contributed by atoms with Gasteiger partial charge in [-0.05, 0) is 67.4 Å². The van der Waals surface area contributed by atoms with Crippen molar-refractivity contribution in [3.8, 4) is 11.3 Å². The highest BCUT2D eigenvalue weighted by atomic mass is 16.5. The van der Waals surface area contributed by atoms with Crippen LogP contribution in [0.15, 0.2) is 48.8 Å². The van der Waals surface area contributed by atoms with Gasteiger partial charge in [0.15, 0.2) is 0 Å². The molecule has 0 bridgehead atoms. The number of morpholine rings is 1. The number of nitrogens with zero attached hydrogens (tertiary/aromatic N) is 4. The van der Waals surface area contributed by atoms with E-state index < -0.39 is 0 Å². The van der Waals surface area contributed by atoms with Crippen LogP contribution in [0.2, 0.25) is 0 Å². The van der Waals surface area contributed by atoms with E-state index in [4.69, 9.17) is 15.5 Å². The third-order valence-corrected chi connectivity index (χ3v) is 5.83. The first-order valence-corrected chi connectivity index (χ1v) is 10.9. The first kappa shape index (κ1) is 21.0. The Bertz CT molecular complexity index is 1240. The van der Waals surface area contributed by atoms with E-state index in [1.54, 1.807) is 12.3 Å². The summed E-state index contributed by atoms with van der Waals surface area (Å²) in [6, 6.07) is 11.6. The summed E-state index contributed by atoms with van der Waals surface area (Å²) in [5, 5.41) is 7.29. The summed E-state index contributed by atoms with van der Waals surface area (Å²) in [4.78, 5) is 23.9. The molecule has 1 radical (unpaired) electrons. The number of rotatable bonds is 4. The van der Waals surface area contributed by atoms with Gasteiger partial charge < -0.3 is 20.7 Å². The number of ether oxygens (including phenoxy) is 1. The zero-order valence-electron chi connectivity index (χ0n) is 18.6. The summed E-state index contributed by atoms with van der Waals surface area (Å²) in [7, 11) is 0. The quantitative estimate of drug-likeness (QED) is 0.635. The molecule has 2 aromatic heterocycles. The Hall–Kier alpha value is -3.91. The van der Waals surface area contributed by atoms with Crippen molar-refractivity contribution in [2.75, 3.05) is 35.6 Å². The normalized spacial score (nSPS) is 17.5. The van der Waals surface area contributed by atoms with Gasteiger partial charge in [0.05, 0.1) is 24.0 Å². The van der Waals surface area contributed by atoms with Crippen LogP contribution in [0.4, 0.5) is 23.0 Å². The number of nitrogens with two attached hydrogens (primary N) is 1. The molecular weight excluding hydrogens is 416 g/mol. The number of amides is 1. The molecule has 1 aromatic carbocycles. The lowest BCUT2D eigenvalue weighted by Gasteiger charge is -2.34. The third kappa shape index (κ3) is 4.25. The van der Waals surface area contributed by atoms with E-state index in [9.17, 15) is 4.79 Å². The van der Waals surface area contributed by atoms with Crippen molar-refractivity contribution in [1.82, 2.24) is 15.3 Å². The van der Waals surface area contributed by atoms with Crippen molar-refractivity contribution in [1.29, 1.82) is 0 Å². The average Bonchev–Trinajstić information content (AvgIpc) is 2.79. The Morgan fingerprint density at radius 2 is 2.09 bits per heavy atom. The predicted octanol–water partition coefficient (Wildman–Crippen LogP) is 3.73. The van der Waals surface area contributed by atoms with Crippen molar-refractivity contribution in [2.24, 2.45) is 0 Å². The van der Waals surface area contributed by atoms with Crippen molar-refractivity contribution in [3.63, 3.8) is 0 Å². The largest absolute Gasteiger partial charge is 0.384 e. The second-order valence-electron chi connectivity index (χ2n) is 8.30. The van der Waals surface area contributed by atoms with Crippen LogP contribution in [0.5, 0.6) is 0 Å². The van der Waals surface area contributed by atoms with Gasteiger partial charge in [-0.1, -0.05) is 0 Å². The molecule has 0 aliphatic carbocycles. The van der Waals surface area contributed by atoms with Gasteiger partial charge >= 0.3 is 0 Å². The number of hydrogen-bond donors (Lipinski definition) is 2. The maximum absolute atomic E-state index is 12.6. The molecule has 1 atom stereocenters. The number of nitrogens with one attached hydrogen (secondary N) is 1. The number of hydrogen-bond acceptors (Lipinski definition) is 7. The van der Waals surface area contributed by atoms with Gasteiger partial charge in [-0.15, -0.1) is 0 Å². The number of aryl methyl sites for hydroxylation is 1. The first-order valence-electron chi connectivity index (χ1n) is 10.9. The standard InChI is InChI=1S/C25H25N6O2/c1-15-11-19(4-5-21(15)31-9-10-33-16(2)14-31)29-24-23-17(7-8-27-25(23)32)12-20(30-24)18-3-6-22(26)28-13-18/h3-8,11-13,16H,9-10,14H2,1-2H3,(H2,26,28)(H,29,30)/t16-/m1/s1. The molecule has 2 aliphatic rings. The van der Waals surface area contributed by atoms with Crippen LogP contribution in [-0.2, 0) is 4.74 Å². The van der Waals surface area contributed by atoms with Gasteiger partial charge in [-0.3, -0.25) is 4.79 Å². The molecule has 5 rings (SSSR count). The van der Waals surface area contributed by atoms with Gasteiger partial charge in [0.25, 0.3) is 5.91 Å². The lowest BCUT2D eigenvalue weighted by atomic mass is 10.0.